The molecule has 2 nitrogen and oxygen atoms in total. The van der Waals surface area contributed by atoms with E-state index in [0.717, 1.165) is 19.7 Å². The first-order valence-electron chi connectivity index (χ1n) is 3.76. The molecule has 0 aliphatic heterocycles. The van der Waals surface area contributed by atoms with Crippen molar-refractivity contribution in [2.45, 2.75) is 20.8 Å². The highest BCUT2D eigenvalue weighted by molar-refractivity contribution is 4.45. The minimum Gasteiger partial charge on any atom is -0.502 e. The highest BCUT2D eigenvalue weighted by atomic mass is 16.5. The summed E-state index contributed by atoms with van der Waals surface area (Å²) in [5.74, 6) is 0. The zero-order valence-corrected chi connectivity index (χ0v) is 7.31. The monoisotopic (exact) mass is 145 g/mol. The molecule has 0 rings (SSSR count). The van der Waals surface area contributed by atoms with Crippen LogP contribution < -0.4 is 5.32 Å². The van der Waals surface area contributed by atoms with Gasteiger partial charge in [0.1, 0.15) is 0 Å². The normalized spacial score (nSPS) is 7.50. The van der Waals surface area contributed by atoms with Gasteiger partial charge in [-0.1, -0.05) is 20.4 Å². The third-order valence-electron chi connectivity index (χ3n) is 0.785. The van der Waals surface area contributed by atoms with Gasteiger partial charge in [0.2, 0.25) is 0 Å². The van der Waals surface area contributed by atoms with Crippen LogP contribution in [0.3, 0.4) is 0 Å². The lowest BCUT2D eigenvalue weighted by Gasteiger charge is -1.86. The number of ether oxygens (including phenoxy) is 1. The Hall–Kier alpha value is -0.500. The van der Waals surface area contributed by atoms with Crippen LogP contribution in [0, 0.1) is 0 Å². The van der Waals surface area contributed by atoms with Gasteiger partial charge in [-0.25, -0.2) is 0 Å². The largest absolute Gasteiger partial charge is 0.502 e. The van der Waals surface area contributed by atoms with Crippen molar-refractivity contribution in [3.8, 4) is 0 Å². The lowest BCUT2D eigenvalue weighted by Crippen LogP contribution is -2.09. The molecule has 0 saturated heterocycles. The van der Waals surface area contributed by atoms with E-state index in [2.05, 4.69) is 30.5 Å². The van der Waals surface area contributed by atoms with E-state index in [4.69, 9.17) is 0 Å². The molecule has 0 spiro atoms. The molecule has 0 atom stereocenters. The average Bonchev–Trinajstić information content (AvgIpc) is 1.93. The Kier molecular flexibility index (Phi) is 19.3. The highest BCUT2D eigenvalue weighted by Gasteiger charge is 1.62. The molecule has 2 heteroatoms. The summed E-state index contributed by atoms with van der Waals surface area (Å²) in [4.78, 5) is 0. The second kappa shape index (κ2) is 15.8. The number of hydrogen-bond donors (Lipinski definition) is 1. The summed E-state index contributed by atoms with van der Waals surface area (Å²) >= 11 is 0. The molecular formula is C8H19NO. The molecule has 0 saturated carbocycles. The summed E-state index contributed by atoms with van der Waals surface area (Å²) in [6, 6.07) is 0. The fourth-order valence-corrected chi connectivity index (χ4v) is 0.368. The summed E-state index contributed by atoms with van der Waals surface area (Å²) in [5.41, 5.74) is 0. The molecular weight excluding hydrogens is 126 g/mol. The van der Waals surface area contributed by atoms with Crippen LogP contribution in [0.2, 0.25) is 0 Å². The molecule has 0 aromatic rings. The molecule has 1 N–H and O–H groups in total. The van der Waals surface area contributed by atoms with Crippen molar-refractivity contribution in [1.29, 1.82) is 0 Å². The standard InChI is InChI=1S/C4H11N.C4H8O/c2*1-3-5-4-2/h5H,3-4H2,1-2H3;3H,1,4H2,2H3. The van der Waals surface area contributed by atoms with Crippen LogP contribution in [0.5, 0.6) is 0 Å². The molecule has 0 fully saturated rings. The average molecular weight is 145 g/mol. The molecule has 10 heavy (non-hydrogen) atoms. The van der Waals surface area contributed by atoms with Crippen molar-refractivity contribution in [1.82, 2.24) is 5.32 Å². The fourth-order valence-electron chi connectivity index (χ4n) is 0.368. The van der Waals surface area contributed by atoms with E-state index in [1.807, 2.05) is 6.92 Å². The van der Waals surface area contributed by atoms with Gasteiger partial charge in [0.15, 0.2) is 0 Å². The van der Waals surface area contributed by atoms with Crippen molar-refractivity contribution in [3.05, 3.63) is 12.8 Å². The van der Waals surface area contributed by atoms with Crippen LogP contribution in [0.1, 0.15) is 20.8 Å². The molecule has 0 unspecified atom stereocenters. The van der Waals surface area contributed by atoms with Crippen molar-refractivity contribution in [3.63, 3.8) is 0 Å². The maximum absolute atomic E-state index is 4.60. The van der Waals surface area contributed by atoms with Gasteiger partial charge in [-0.05, 0) is 20.0 Å². The third-order valence-corrected chi connectivity index (χ3v) is 0.785. The second-order valence-corrected chi connectivity index (χ2v) is 1.58. The van der Waals surface area contributed by atoms with Crippen molar-refractivity contribution in [2.75, 3.05) is 19.7 Å². The number of hydrogen-bond acceptors (Lipinski definition) is 2. The molecule has 0 radical (unpaired) electrons. The summed E-state index contributed by atoms with van der Waals surface area (Å²) in [6.07, 6.45) is 1.43. The van der Waals surface area contributed by atoms with E-state index in [9.17, 15) is 0 Å². The molecule has 0 aromatic heterocycles. The summed E-state index contributed by atoms with van der Waals surface area (Å²) < 4.78 is 4.60. The van der Waals surface area contributed by atoms with Crippen LogP contribution in [0.4, 0.5) is 0 Å². The predicted octanol–water partition coefficient (Wildman–Crippen LogP) is 1.78. The van der Waals surface area contributed by atoms with E-state index in [0.29, 0.717) is 0 Å². The van der Waals surface area contributed by atoms with Gasteiger partial charge in [-0.3, -0.25) is 0 Å². The minimum absolute atomic E-state index is 0.726. The van der Waals surface area contributed by atoms with E-state index in [1.165, 1.54) is 6.26 Å². The van der Waals surface area contributed by atoms with Crippen molar-refractivity contribution in [2.24, 2.45) is 0 Å². The zero-order chi connectivity index (χ0) is 8.24. The van der Waals surface area contributed by atoms with Gasteiger partial charge >= 0.3 is 0 Å². The van der Waals surface area contributed by atoms with Gasteiger partial charge < -0.3 is 10.1 Å². The van der Waals surface area contributed by atoms with Crippen LogP contribution >= 0.6 is 0 Å². The van der Waals surface area contributed by atoms with E-state index in [-0.39, 0.29) is 0 Å². The van der Waals surface area contributed by atoms with Crippen molar-refractivity contribution >= 4 is 0 Å². The molecule has 0 aliphatic carbocycles. The first kappa shape index (κ1) is 12.2. The predicted molar refractivity (Wildman–Crippen MR) is 46.0 cm³/mol. The fraction of sp³-hybridized carbons (Fsp3) is 0.750. The first-order chi connectivity index (χ1) is 4.83. The van der Waals surface area contributed by atoms with Crippen LogP contribution in [0.15, 0.2) is 12.8 Å². The zero-order valence-electron chi connectivity index (χ0n) is 7.31. The quantitative estimate of drug-likeness (QED) is 0.609. The van der Waals surface area contributed by atoms with Gasteiger partial charge in [-0.2, -0.15) is 0 Å². The Bertz CT molecular complexity index is 53.2. The molecule has 0 bridgehead atoms. The van der Waals surface area contributed by atoms with E-state index >= 15 is 0 Å². The molecule has 62 valence electrons. The SMILES string of the molecule is C=COCC.CCNCC. The third kappa shape index (κ3) is 25.9. The van der Waals surface area contributed by atoms with Crippen molar-refractivity contribution < 1.29 is 4.74 Å². The maximum Gasteiger partial charge on any atom is 0.0844 e. The maximum atomic E-state index is 4.60. The van der Waals surface area contributed by atoms with Gasteiger partial charge in [0.25, 0.3) is 0 Å². The van der Waals surface area contributed by atoms with Crippen LogP contribution in [-0.2, 0) is 4.74 Å². The molecule has 0 amide bonds. The van der Waals surface area contributed by atoms with Gasteiger partial charge in [-0.15, -0.1) is 0 Å². The first-order valence-corrected chi connectivity index (χ1v) is 3.76. The van der Waals surface area contributed by atoms with Crippen LogP contribution in [0.25, 0.3) is 0 Å². The van der Waals surface area contributed by atoms with Gasteiger partial charge in [0, 0.05) is 0 Å². The number of nitrogens with one attached hydrogen (secondary N) is 1. The Morgan fingerprint density at radius 2 is 1.80 bits per heavy atom. The Morgan fingerprint density at radius 1 is 1.30 bits per heavy atom. The smallest absolute Gasteiger partial charge is 0.0844 e. The highest BCUT2D eigenvalue weighted by Crippen LogP contribution is 1.65. The number of rotatable bonds is 4. The molecule has 0 heterocycles. The minimum atomic E-state index is 0.726. The summed E-state index contributed by atoms with van der Waals surface area (Å²) in [7, 11) is 0. The Balaban J connectivity index is 0. The molecule has 0 aromatic carbocycles. The summed E-state index contributed by atoms with van der Waals surface area (Å²) in [5, 5.41) is 3.11. The lowest BCUT2D eigenvalue weighted by atomic mass is 10.7. The van der Waals surface area contributed by atoms with E-state index < -0.39 is 0 Å². The second-order valence-electron chi connectivity index (χ2n) is 1.58. The van der Waals surface area contributed by atoms with E-state index in [1.54, 1.807) is 0 Å². The van der Waals surface area contributed by atoms with Crippen LogP contribution in [-0.4, -0.2) is 19.7 Å². The molecule has 0 aliphatic rings. The van der Waals surface area contributed by atoms with Gasteiger partial charge in [0.05, 0.1) is 12.9 Å². The lowest BCUT2D eigenvalue weighted by molar-refractivity contribution is 0.270. The summed E-state index contributed by atoms with van der Waals surface area (Å²) in [6.45, 7) is 12.4. The Morgan fingerprint density at radius 3 is 1.80 bits per heavy atom. The Labute approximate surface area is 64.3 Å². The topological polar surface area (TPSA) is 21.3 Å².